The van der Waals surface area contributed by atoms with Crippen molar-refractivity contribution in [3.8, 4) is 0 Å². The van der Waals surface area contributed by atoms with Crippen molar-refractivity contribution in [2.75, 3.05) is 6.67 Å². The number of rotatable bonds is 2. The smallest absolute Gasteiger partial charge is 0.0858 e. The molecule has 0 unspecified atom stereocenters. The van der Waals surface area contributed by atoms with E-state index in [1.54, 1.807) is 0 Å². The first-order chi connectivity index (χ1) is 4.45. The molecule has 60 valence electrons. The SMILES string of the molecule is C/C(CC(C)(C)C)=N/CN. The van der Waals surface area contributed by atoms with Gasteiger partial charge in [0.15, 0.2) is 0 Å². The summed E-state index contributed by atoms with van der Waals surface area (Å²) in [6, 6.07) is 0. The third-order valence-electron chi connectivity index (χ3n) is 1.15. The van der Waals surface area contributed by atoms with Crippen molar-refractivity contribution >= 4 is 5.71 Å². The fourth-order valence-electron chi connectivity index (χ4n) is 0.979. The lowest BCUT2D eigenvalue weighted by Crippen LogP contribution is -2.11. The van der Waals surface area contributed by atoms with Crippen LogP contribution in [0.2, 0.25) is 0 Å². The highest BCUT2D eigenvalue weighted by Gasteiger charge is 2.10. The summed E-state index contributed by atoms with van der Waals surface area (Å²) < 4.78 is 0. The third kappa shape index (κ3) is 5.76. The Kier molecular flexibility index (Phi) is 3.58. The van der Waals surface area contributed by atoms with Gasteiger partial charge in [0, 0.05) is 5.71 Å². The van der Waals surface area contributed by atoms with Crippen LogP contribution >= 0.6 is 0 Å². The summed E-state index contributed by atoms with van der Waals surface area (Å²) in [5.74, 6) is 0. The maximum atomic E-state index is 5.26. The van der Waals surface area contributed by atoms with Gasteiger partial charge in [0.2, 0.25) is 0 Å². The van der Waals surface area contributed by atoms with Crippen molar-refractivity contribution in [1.82, 2.24) is 0 Å². The van der Waals surface area contributed by atoms with Gasteiger partial charge in [-0.25, -0.2) is 0 Å². The number of hydrogen-bond acceptors (Lipinski definition) is 2. The van der Waals surface area contributed by atoms with Crippen LogP contribution in [0.5, 0.6) is 0 Å². The molecule has 0 saturated heterocycles. The number of nitrogens with two attached hydrogens (primary N) is 1. The van der Waals surface area contributed by atoms with Crippen LogP contribution in [0.3, 0.4) is 0 Å². The Labute approximate surface area is 63.5 Å². The molecule has 2 heteroatoms. The van der Waals surface area contributed by atoms with Crippen molar-refractivity contribution in [2.45, 2.75) is 34.1 Å². The van der Waals surface area contributed by atoms with E-state index in [-0.39, 0.29) is 0 Å². The van der Waals surface area contributed by atoms with E-state index in [4.69, 9.17) is 5.73 Å². The second kappa shape index (κ2) is 3.71. The van der Waals surface area contributed by atoms with Crippen LogP contribution in [-0.4, -0.2) is 12.4 Å². The summed E-state index contributed by atoms with van der Waals surface area (Å²) in [5.41, 5.74) is 6.74. The van der Waals surface area contributed by atoms with Crippen LogP contribution in [0.4, 0.5) is 0 Å². The van der Waals surface area contributed by atoms with Gasteiger partial charge in [0.25, 0.3) is 0 Å². The highest BCUT2D eigenvalue weighted by atomic mass is 14.9. The molecule has 0 fully saturated rings. The lowest BCUT2D eigenvalue weighted by atomic mass is 9.90. The van der Waals surface area contributed by atoms with Crippen LogP contribution in [0.25, 0.3) is 0 Å². The minimum atomic E-state index is 0.336. The minimum Gasteiger partial charge on any atom is -0.312 e. The minimum absolute atomic E-state index is 0.336. The summed E-state index contributed by atoms with van der Waals surface area (Å²) in [4.78, 5) is 4.10. The van der Waals surface area contributed by atoms with Crippen LogP contribution in [0.15, 0.2) is 4.99 Å². The van der Waals surface area contributed by atoms with E-state index < -0.39 is 0 Å². The van der Waals surface area contributed by atoms with Gasteiger partial charge in [-0.3, -0.25) is 4.99 Å². The molecule has 0 radical (unpaired) electrons. The molecule has 0 amide bonds. The highest BCUT2D eigenvalue weighted by molar-refractivity contribution is 5.82. The molecule has 2 N–H and O–H groups in total. The molecule has 0 saturated carbocycles. The molecule has 0 heterocycles. The predicted octanol–water partition coefficient (Wildman–Crippen LogP) is 1.80. The van der Waals surface area contributed by atoms with Crippen LogP contribution < -0.4 is 5.73 Å². The maximum absolute atomic E-state index is 5.26. The lowest BCUT2D eigenvalue weighted by Gasteiger charge is -2.17. The Morgan fingerprint density at radius 2 is 1.90 bits per heavy atom. The van der Waals surface area contributed by atoms with Gasteiger partial charge in [0.05, 0.1) is 6.67 Å². The molecule has 0 rings (SSSR count). The fourth-order valence-corrected chi connectivity index (χ4v) is 0.979. The van der Waals surface area contributed by atoms with E-state index in [0.717, 1.165) is 12.1 Å². The molecule has 0 atom stereocenters. The Balaban J connectivity index is 3.79. The molecule has 0 aromatic heterocycles. The van der Waals surface area contributed by atoms with E-state index in [1.807, 2.05) is 6.92 Å². The predicted molar refractivity (Wildman–Crippen MR) is 46.2 cm³/mol. The van der Waals surface area contributed by atoms with Gasteiger partial charge >= 0.3 is 0 Å². The maximum Gasteiger partial charge on any atom is 0.0858 e. The molecule has 2 nitrogen and oxygen atoms in total. The van der Waals surface area contributed by atoms with Gasteiger partial charge in [0.1, 0.15) is 0 Å². The molecule has 10 heavy (non-hydrogen) atoms. The first-order valence-corrected chi connectivity index (χ1v) is 3.66. The molecule has 0 aliphatic carbocycles. The Hall–Kier alpha value is -0.370. The van der Waals surface area contributed by atoms with Gasteiger partial charge < -0.3 is 5.73 Å². The van der Waals surface area contributed by atoms with Crippen molar-refractivity contribution in [3.05, 3.63) is 0 Å². The number of hydrogen-bond donors (Lipinski definition) is 1. The summed E-state index contributed by atoms with van der Waals surface area (Å²) in [6.07, 6.45) is 1.03. The molecule has 0 bridgehead atoms. The molecular weight excluding hydrogens is 124 g/mol. The molecular formula is C8H18N2. The average molecular weight is 142 g/mol. The van der Waals surface area contributed by atoms with Gasteiger partial charge in [-0.05, 0) is 18.8 Å². The average Bonchev–Trinajstić information content (AvgIpc) is 1.59. The van der Waals surface area contributed by atoms with Crippen molar-refractivity contribution in [2.24, 2.45) is 16.1 Å². The summed E-state index contributed by atoms with van der Waals surface area (Å²) in [6.45, 7) is 9.04. The monoisotopic (exact) mass is 142 g/mol. The molecule has 0 aromatic rings. The van der Waals surface area contributed by atoms with Crippen LogP contribution in [-0.2, 0) is 0 Å². The first kappa shape index (κ1) is 9.63. The normalized spacial score (nSPS) is 13.9. The summed E-state index contributed by atoms with van der Waals surface area (Å²) in [7, 11) is 0. The zero-order valence-electron chi connectivity index (χ0n) is 7.44. The molecule has 0 aliphatic rings. The number of nitrogens with zero attached hydrogens (tertiary/aromatic N) is 1. The van der Waals surface area contributed by atoms with E-state index >= 15 is 0 Å². The second-order valence-corrected chi connectivity index (χ2v) is 3.81. The van der Waals surface area contributed by atoms with E-state index in [9.17, 15) is 0 Å². The number of aliphatic imine (C=N–C) groups is 1. The van der Waals surface area contributed by atoms with E-state index in [0.29, 0.717) is 12.1 Å². The quantitative estimate of drug-likeness (QED) is 0.586. The molecule has 0 aliphatic heterocycles. The topological polar surface area (TPSA) is 38.4 Å². The van der Waals surface area contributed by atoms with Crippen molar-refractivity contribution < 1.29 is 0 Å². The molecule has 0 spiro atoms. The van der Waals surface area contributed by atoms with Crippen molar-refractivity contribution in [3.63, 3.8) is 0 Å². The highest BCUT2D eigenvalue weighted by Crippen LogP contribution is 2.18. The fraction of sp³-hybridized carbons (Fsp3) is 0.875. The van der Waals surface area contributed by atoms with Gasteiger partial charge in [-0.2, -0.15) is 0 Å². The Morgan fingerprint density at radius 1 is 1.40 bits per heavy atom. The van der Waals surface area contributed by atoms with Crippen LogP contribution in [0, 0.1) is 5.41 Å². The zero-order valence-corrected chi connectivity index (χ0v) is 7.44. The Morgan fingerprint density at radius 3 is 2.20 bits per heavy atom. The van der Waals surface area contributed by atoms with Crippen molar-refractivity contribution in [1.29, 1.82) is 0 Å². The lowest BCUT2D eigenvalue weighted by molar-refractivity contribution is 0.433. The summed E-state index contributed by atoms with van der Waals surface area (Å²) >= 11 is 0. The van der Waals surface area contributed by atoms with Gasteiger partial charge in [-0.1, -0.05) is 20.8 Å². The Bertz CT molecular complexity index is 120. The molecule has 0 aromatic carbocycles. The van der Waals surface area contributed by atoms with Crippen LogP contribution in [0.1, 0.15) is 34.1 Å². The third-order valence-corrected chi connectivity index (χ3v) is 1.15. The first-order valence-electron chi connectivity index (χ1n) is 3.66. The van der Waals surface area contributed by atoms with Gasteiger partial charge in [-0.15, -0.1) is 0 Å². The van der Waals surface area contributed by atoms with E-state index in [1.165, 1.54) is 0 Å². The van der Waals surface area contributed by atoms with E-state index in [2.05, 4.69) is 25.8 Å². The standard InChI is InChI=1S/C8H18N2/c1-7(10-6-9)5-8(2,3)4/h5-6,9H2,1-4H3/b10-7-. The second-order valence-electron chi connectivity index (χ2n) is 3.81. The largest absolute Gasteiger partial charge is 0.312 e. The zero-order chi connectivity index (χ0) is 8.20. The summed E-state index contributed by atoms with van der Waals surface area (Å²) in [5, 5.41) is 0.